The summed E-state index contributed by atoms with van der Waals surface area (Å²) in [5.74, 6) is 1.02. The Morgan fingerprint density at radius 2 is 1.92 bits per heavy atom. The fraction of sp³-hybridized carbons (Fsp3) is 1.00. The largest absolute Gasteiger partial charge is 0.314 e. The molecule has 2 unspecified atom stereocenters. The molecule has 0 aromatic heterocycles. The molecule has 1 aliphatic rings. The van der Waals surface area contributed by atoms with E-state index in [-0.39, 0.29) is 0 Å². The molecule has 1 nitrogen and oxygen atoms in total. The average Bonchev–Trinajstić information content (AvgIpc) is 2.84. The summed E-state index contributed by atoms with van der Waals surface area (Å²) in [4.78, 5) is 0. The van der Waals surface area contributed by atoms with Crippen LogP contribution in [0.4, 0.5) is 0 Å². The fourth-order valence-corrected chi connectivity index (χ4v) is 2.03. The summed E-state index contributed by atoms with van der Waals surface area (Å²) in [6, 6.07) is 0.890. The van der Waals surface area contributed by atoms with Crippen molar-refractivity contribution in [2.45, 2.75) is 64.8 Å². The molecular formula is C12H25N. The molecular weight excluding hydrogens is 158 g/mol. The van der Waals surface area contributed by atoms with Gasteiger partial charge in [-0.3, -0.25) is 0 Å². The van der Waals surface area contributed by atoms with Gasteiger partial charge in [-0.05, 0) is 31.7 Å². The molecule has 78 valence electrons. The molecule has 0 bridgehead atoms. The minimum absolute atomic E-state index is 0.890. The van der Waals surface area contributed by atoms with Crippen LogP contribution in [0, 0.1) is 5.92 Å². The van der Waals surface area contributed by atoms with E-state index >= 15 is 0 Å². The predicted molar refractivity (Wildman–Crippen MR) is 58.9 cm³/mol. The molecule has 1 saturated carbocycles. The van der Waals surface area contributed by atoms with E-state index in [4.69, 9.17) is 0 Å². The van der Waals surface area contributed by atoms with E-state index in [0.717, 1.165) is 12.0 Å². The standard InChI is InChI=1S/C12H25N/c1-3-5-6-7-9-13-12-10-11(12)8-4-2/h11-13H,3-10H2,1-2H3. The van der Waals surface area contributed by atoms with Crippen molar-refractivity contribution in [3.63, 3.8) is 0 Å². The fourth-order valence-electron chi connectivity index (χ4n) is 2.03. The van der Waals surface area contributed by atoms with E-state index in [9.17, 15) is 0 Å². The predicted octanol–water partition coefficient (Wildman–Crippen LogP) is 3.34. The molecule has 0 aromatic rings. The van der Waals surface area contributed by atoms with Crippen LogP contribution in [0.5, 0.6) is 0 Å². The molecule has 0 amide bonds. The third-order valence-corrected chi connectivity index (χ3v) is 3.02. The monoisotopic (exact) mass is 183 g/mol. The summed E-state index contributed by atoms with van der Waals surface area (Å²) in [7, 11) is 0. The molecule has 1 N–H and O–H groups in total. The lowest BCUT2D eigenvalue weighted by molar-refractivity contribution is 0.562. The second-order valence-electron chi connectivity index (χ2n) is 4.41. The van der Waals surface area contributed by atoms with Crippen molar-refractivity contribution in [1.82, 2.24) is 5.32 Å². The quantitative estimate of drug-likeness (QED) is 0.569. The van der Waals surface area contributed by atoms with Crippen molar-refractivity contribution in [2.24, 2.45) is 5.92 Å². The molecule has 0 spiro atoms. The first-order valence-corrected chi connectivity index (χ1v) is 6.11. The normalized spacial score (nSPS) is 26.3. The van der Waals surface area contributed by atoms with E-state index < -0.39 is 0 Å². The van der Waals surface area contributed by atoms with Crippen molar-refractivity contribution in [1.29, 1.82) is 0 Å². The highest BCUT2D eigenvalue weighted by atomic mass is 15.0. The van der Waals surface area contributed by atoms with Crippen molar-refractivity contribution in [2.75, 3.05) is 6.54 Å². The van der Waals surface area contributed by atoms with Gasteiger partial charge in [-0.25, -0.2) is 0 Å². The van der Waals surface area contributed by atoms with Crippen LogP contribution in [0.15, 0.2) is 0 Å². The first-order valence-electron chi connectivity index (χ1n) is 6.11. The van der Waals surface area contributed by atoms with E-state index in [1.54, 1.807) is 0 Å². The van der Waals surface area contributed by atoms with Crippen LogP contribution < -0.4 is 5.32 Å². The van der Waals surface area contributed by atoms with Gasteiger partial charge in [0.1, 0.15) is 0 Å². The summed E-state index contributed by atoms with van der Waals surface area (Å²) in [6.45, 7) is 5.81. The van der Waals surface area contributed by atoms with Gasteiger partial charge in [-0.15, -0.1) is 0 Å². The molecule has 0 heterocycles. The number of unbranched alkanes of at least 4 members (excludes halogenated alkanes) is 3. The third-order valence-electron chi connectivity index (χ3n) is 3.02. The molecule has 0 aromatic carbocycles. The summed E-state index contributed by atoms with van der Waals surface area (Å²) in [5.41, 5.74) is 0. The van der Waals surface area contributed by atoms with Crippen LogP contribution in [0.25, 0.3) is 0 Å². The molecule has 13 heavy (non-hydrogen) atoms. The zero-order chi connectivity index (χ0) is 9.52. The highest BCUT2D eigenvalue weighted by Gasteiger charge is 2.34. The van der Waals surface area contributed by atoms with Gasteiger partial charge in [0, 0.05) is 6.04 Å². The second kappa shape index (κ2) is 6.42. The molecule has 2 atom stereocenters. The Morgan fingerprint density at radius 3 is 2.62 bits per heavy atom. The summed E-state index contributed by atoms with van der Waals surface area (Å²) < 4.78 is 0. The summed E-state index contributed by atoms with van der Waals surface area (Å²) in [6.07, 6.45) is 9.79. The zero-order valence-electron chi connectivity index (χ0n) is 9.31. The van der Waals surface area contributed by atoms with Crippen molar-refractivity contribution < 1.29 is 0 Å². The van der Waals surface area contributed by atoms with Crippen LogP contribution in [-0.2, 0) is 0 Å². The average molecular weight is 183 g/mol. The van der Waals surface area contributed by atoms with Gasteiger partial charge in [-0.1, -0.05) is 39.5 Å². The maximum Gasteiger partial charge on any atom is 0.00991 e. The van der Waals surface area contributed by atoms with Crippen LogP contribution in [-0.4, -0.2) is 12.6 Å². The number of rotatable bonds is 8. The molecule has 1 fully saturated rings. The van der Waals surface area contributed by atoms with Crippen LogP contribution >= 0.6 is 0 Å². The molecule has 0 saturated heterocycles. The van der Waals surface area contributed by atoms with Crippen molar-refractivity contribution in [3.05, 3.63) is 0 Å². The maximum absolute atomic E-state index is 3.65. The van der Waals surface area contributed by atoms with Crippen LogP contribution in [0.3, 0.4) is 0 Å². The number of hydrogen-bond acceptors (Lipinski definition) is 1. The van der Waals surface area contributed by atoms with Gasteiger partial charge in [0.05, 0.1) is 0 Å². The summed E-state index contributed by atoms with van der Waals surface area (Å²) >= 11 is 0. The maximum atomic E-state index is 3.65. The number of hydrogen-bond donors (Lipinski definition) is 1. The van der Waals surface area contributed by atoms with E-state index in [0.29, 0.717) is 0 Å². The Morgan fingerprint density at radius 1 is 1.08 bits per heavy atom. The Balaban J connectivity index is 1.80. The smallest absolute Gasteiger partial charge is 0.00991 e. The molecule has 1 heteroatoms. The lowest BCUT2D eigenvalue weighted by Crippen LogP contribution is -2.19. The minimum atomic E-state index is 0.890. The summed E-state index contributed by atoms with van der Waals surface area (Å²) in [5, 5.41) is 3.65. The lowest BCUT2D eigenvalue weighted by atomic mass is 10.2. The van der Waals surface area contributed by atoms with Crippen molar-refractivity contribution >= 4 is 0 Å². The SMILES string of the molecule is CCCCCCNC1CC1CCC. The van der Waals surface area contributed by atoms with Gasteiger partial charge in [0.15, 0.2) is 0 Å². The Kier molecular flexibility index (Phi) is 5.45. The highest BCUT2D eigenvalue weighted by Crippen LogP contribution is 2.34. The van der Waals surface area contributed by atoms with Crippen molar-refractivity contribution in [3.8, 4) is 0 Å². The van der Waals surface area contributed by atoms with Crippen LogP contribution in [0.1, 0.15) is 58.8 Å². The zero-order valence-corrected chi connectivity index (χ0v) is 9.31. The highest BCUT2D eigenvalue weighted by molar-refractivity contribution is 4.92. The van der Waals surface area contributed by atoms with Gasteiger partial charge in [0.2, 0.25) is 0 Å². The van der Waals surface area contributed by atoms with E-state index in [2.05, 4.69) is 19.2 Å². The van der Waals surface area contributed by atoms with Crippen LogP contribution in [0.2, 0.25) is 0 Å². The third kappa shape index (κ3) is 4.66. The lowest BCUT2D eigenvalue weighted by Gasteiger charge is -2.02. The topological polar surface area (TPSA) is 12.0 Å². The minimum Gasteiger partial charge on any atom is -0.314 e. The van der Waals surface area contributed by atoms with Gasteiger partial charge >= 0.3 is 0 Å². The number of nitrogens with one attached hydrogen (secondary N) is 1. The van der Waals surface area contributed by atoms with E-state index in [1.807, 2.05) is 0 Å². The molecule has 1 rings (SSSR count). The van der Waals surface area contributed by atoms with Gasteiger partial charge < -0.3 is 5.32 Å². The Bertz CT molecular complexity index is 122. The Labute approximate surface area is 83.3 Å². The first kappa shape index (κ1) is 11.0. The first-order chi connectivity index (χ1) is 6.38. The van der Waals surface area contributed by atoms with E-state index in [1.165, 1.54) is 51.5 Å². The van der Waals surface area contributed by atoms with Gasteiger partial charge in [0.25, 0.3) is 0 Å². The molecule has 0 radical (unpaired) electrons. The molecule has 0 aliphatic heterocycles. The second-order valence-corrected chi connectivity index (χ2v) is 4.41. The Hall–Kier alpha value is -0.0400. The van der Waals surface area contributed by atoms with Gasteiger partial charge in [-0.2, -0.15) is 0 Å². The molecule has 1 aliphatic carbocycles.